The Morgan fingerprint density at radius 1 is 1.03 bits per heavy atom. The Kier molecular flexibility index (Phi) is 5.88. The van der Waals surface area contributed by atoms with Crippen molar-refractivity contribution in [2.24, 2.45) is 0 Å². The summed E-state index contributed by atoms with van der Waals surface area (Å²) < 4.78 is 35.1. The van der Waals surface area contributed by atoms with E-state index in [2.05, 4.69) is 20.6 Å². The first-order valence-electron chi connectivity index (χ1n) is 11.1. The molecule has 0 amide bonds. The SMILES string of the molecule is OC1CCC(Nc2ncc3nc(Nc4ccc(F)cc4F)n(C4CCOCC4)c3n2)CC1. The van der Waals surface area contributed by atoms with Crippen molar-refractivity contribution in [3.05, 3.63) is 36.0 Å². The first-order chi connectivity index (χ1) is 15.6. The maximum Gasteiger partial charge on any atom is 0.224 e. The molecular weight excluding hydrogens is 418 g/mol. The summed E-state index contributed by atoms with van der Waals surface area (Å²) in [4.78, 5) is 13.8. The summed E-state index contributed by atoms with van der Waals surface area (Å²) in [6, 6.07) is 3.69. The van der Waals surface area contributed by atoms with Crippen LogP contribution in [-0.2, 0) is 4.74 Å². The molecule has 3 aromatic rings. The molecule has 0 atom stereocenters. The number of rotatable bonds is 5. The van der Waals surface area contributed by atoms with Gasteiger partial charge in [-0.3, -0.25) is 4.57 Å². The van der Waals surface area contributed by atoms with Crippen LogP contribution in [0.1, 0.15) is 44.6 Å². The van der Waals surface area contributed by atoms with Crippen LogP contribution in [0.3, 0.4) is 0 Å². The second kappa shape index (κ2) is 8.95. The molecule has 170 valence electrons. The van der Waals surface area contributed by atoms with E-state index < -0.39 is 11.6 Å². The number of halogens is 2. The number of aliphatic hydroxyl groups is 1. The van der Waals surface area contributed by atoms with Gasteiger partial charge in [-0.05, 0) is 50.7 Å². The highest BCUT2D eigenvalue weighted by atomic mass is 19.1. The predicted octanol–water partition coefficient (Wildman–Crippen LogP) is 3.92. The van der Waals surface area contributed by atoms with Gasteiger partial charge in [0.25, 0.3) is 0 Å². The lowest BCUT2D eigenvalue weighted by molar-refractivity contribution is 0.0710. The zero-order valence-corrected chi connectivity index (χ0v) is 17.6. The molecule has 2 fully saturated rings. The molecule has 0 radical (unpaired) electrons. The lowest BCUT2D eigenvalue weighted by Gasteiger charge is -2.27. The van der Waals surface area contributed by atoms with Gasteiger partial charge >= 0.3 is 0 Å². The molecule has 1 saturated carbocycles. The Balaban J connectivity index is 1.49. The molecule has 1 aromatic carbocycles. The first-order valence-corrected chi connectivity index (χ1v) is 11.1. The van der Waals surface area contributed by atoms with Gasteiger partial charge in [-0.1, -0.05) is 0 Å². The van der Waals surface area contributed by atoms with Crippen LogP contribution in [0.15, 0.2) is 24.4 Å². The number of anilines is 3. The number of ether oxygens (including phenoxy) is 1. The quantitative estimate of drug-likeness (QED) is 0.549. The van der Waals surface area contributed by atoms with Gasteiger partial charge in [-0.15, -0.1) is 0 Å². The largest absolute Gasteiger partial charge is 0.393 e. The van der Waals surface area contributed by atoms with Gasteiger partial charge in [0.15, 0.2) is 5.65 Å². The van der Waals surface area contributed by atoms with Crippen LogP contribution in [0.4, 0.5) is 26.4 Å². The van der Waals surface area contributed by atoms with Crippen molar-refractivity contribution < 1.29 is 18.6 Å². The first kappa shape index (κ1) is 21.0. The Hall–Kier alpha value is -2.85. The van der Waals surface area contributed by atoms with E-state index >= 15 is 0 Å². The number of nitrogens with one attached hydrogen (secondary N) is 2. The van der Waals surface area contributed by atoms with Crippen molar-refractivity contribution in [2.45, 2.75) is 56.7 Å². The zero-order chi connectivity index (χ0) is 22.1. The van der Waals surface area contributed by atoms with Crippen molar-refractivity contribution in [2.75, 3.05) is 23.8 Å². The highest BCUT2D eigenvalue weighted by Crippen LogP contribution is 2.32. The fourth-order valence-electron chi connectivity index (χ4n) is 4.45. The minimum absolute atomic E-state index is 0.0762. The van der Waals surface area contributed by atoms with Gasteiger partial charge in [-0.2, -0.15) is 4.98 Å². The summed E-state index contributed by atoms with van der Waals surface area (Å²) in [7, 11) is 0. The number of fused-ring (bicyclic) bond motifs is 1. The molecule has 3 heterocycles. The second-order valence-corrected chi connectivity index (χ2v) is 8.45. The zero-order valence-electron chi connectivity index (χ0n) is 17.6. The normalized spacial score (nSPS) is 22.2. The Bertz CT molecular complexity index is 1090. The van der Waals surface area contributed by atoms with Crippen molar-refractivity contribution in [1.82, 2.24) is 19.5 Å². The third-order valence-corrected chi connectivity index (χ3v) is 6.20. The average molecular weight is 444 g/mol. The van der Waals surface area contributed by atoms with E-state index in [4.69, 9.17) is 9.72 Å². The molecule has 3 N–H and O–H groups in total. The van der Waals surface area contributed by atoms with Crippen LogP contribution >= 0.6 is 0 Å². The highest BCUT2D eigenvalue weighted by Gasteiger charge is 2.25. The topological polar surface area (TPSA) is 97.1 Å². The van der Waals surface area contributed by atoms with Crippen LogP contribution < -0.4 is 10.6 Å². The molecule has 32 heavy (non-hydrogen) atoms. The van der Waals surface area contributed by atoms with Gasteiger partial charge in [0.2, 0.25) is 11.9 Å². The molecule has 2 aliphatic rings. The molecule has 0 bridgehead atoms. The molecule has 10 heteroatoms. The van der Waals surface area contributed by atoms with E-state index in [0.29, 0.717) is 36.3 Å². The van der Waals surface area contributed by atoms with Gasteiger partial charge < -0.3 is 20.5 Å². The van der Waals surface area contributed by atoms with E-state index in [1.807, 2.05) is 4.57 Å². The number of hydrogen-bond donors (Lipinski definition) is 3. The molecule has 5 rings (SSSR count). The molecule has 0 spiro atoms. The highest BCUT2D eigenvalue weighted by molar-refractivity contribution is 5.76. The lowest BCUT2D eigenvalue weighted by atomic mass is 9.93. The van der Waals surface area contributed by atoms with E-state index in [1.165, 1.54) is 12.1 Å². The van der Waals surface area contributed by atoms with Crippen LogP contribution in [0.25, 0.3) is 11.2 Å². The van der Waals surface area contributed by atoms with Crippen LogP contribution in [0.2, 0.25) is 0 Å². The third kappa shape index (κ3) is 4.37. The maximum absolute atomic E-state index is 14.3. The van der Waals surface area contributed by atoms with Crippen LogP contribution in [0, 0.1) is 11.6 Å². The van der Waals surface area contributed by atoms with Crippen LogP contribution in [0.5, 0.6) is 0 Å². The summed E-state index contributed by atoms with van der Waals surface area (Å²) >= 11 is 0. The standard InChI is InChI=1S/C22H26F2N6O2/c23-13-1-6-18(17(24)11-13)27-22-28-19-12-25-21(26-14-2-4-16(31)5-3-14)29-20(19)30(22)15-7-9-32-10-8-15/h1,6,11-12,14-16,31H,2-5,7-10H2,(H,27,28)(H,25,26,29). The number of nitrogens with zero attached hydrogens (tertiary/aromatic N) is 4. The molecule has 0 unspecified atom stereocenters. The number of aliphatic hydroxyl groups excluding tert-OH is 1. The van der Waals surface area contributed by atoms with Crippen molar-refractivity contribution >= 4 is 28.7 Å². The maximum atomic E-state index is 14.3. The number of imidazole rings is 1. The lowest BCUT2D eigenvalue weighted by Crippen LogP contribution is -2.29. The van der Waals surface area contributed by atoms with Gasteiger partial charge in [0, 0.05) is 31.4 Å². The fourth-order valence-corrected chi connectivity index (χ4v) is 4.45. The average Bonchev–Trinajstić information content (AvgIpc) is 3.15. The van der Waals surface area contributed by atoms with Gasteiger partial charge in [0.05, 0.1) is 18.0 Å². The summed E-state index contributed by atoms with van der Waals surface area (Å²) in [5.74, 6) is -0.387. The van der Waals surface area contributed by atoms with E-state index in [-0.39, 0.29) is 23.9 Å². The fraction of sp³-hybridized carbons (Fsp3) is 0.500. The summed E-state index contributed by atoms with van der Waals surface area (Å²) in [5.41, 5.74) is 1.38. The Labute approximate surface area is 184 Å². The van der Waals surface area contributed by atoms with E-state index in [1.54, 1.807) is 6.20 Å². The Morgan fingerprint density at radius 3 is 2.56 bits per heavy atom. The van der Waals surface area contributed by atoms with E-state index in [0.717, 1.165) is 44.6 Å². The molecule has 2 aromatic heterocycles. The molecule has 1 aliphatic heterocycles. The minimum atomic E-state index is -0.691. The van der Waals surface area contributed by atoms with Gasteiger partial charge in [-0.25, -0.2) is 18.7 Å². The molecule has 1 saturated heterocycles. The molecule has 8 nitrogen and oxygen atoms in total. The van der Waals surface area contributed by atoms with Gasteiger partial charge in [0.1, 0.15) is 17.2 Å². The van der Waals surface area contributed by atoms with Crippen molar-refractivity contribution in [3.8, 4) is 0 Å². The smallest absolute Gasteiger partial charge is 0.224 e. The van der Waals surface area contributed by atoms with E-state index in [9.17, 15) is 13.9 Å². The Morgan fingerprint density at radius 2 is 1.81 bits per heavy atom. The summed E-state index contributed by atoms with van der Waals surface area (Å²) in [6.45, 7) is 1.24. The number of benzene rings is 1. The molecule has 1 aliphatic carbocycles. The summed E-state index contributed by atoms with van der Waals surface area (Å²) in [6.07, 6.45) is 6.22. The second-order valence-electron chi connectivity index (χ2n) is 8.45. The number of hydrogen-bond acceptors (Lipinski definition) is 7. The molecular formula is C22H26F2N6O2. The van der Waals surface area contributed by atoms with Crippen molar-refractivity contribution in [1.29, 1.82) is 0 Å². The third-order valence-electron chi connectivity index (χ3n) is 6.20. The van der Waals surface area contributed by atoms with Crippen LogP contribution in [-0.4, -0.2) is 50.0 Å². The summed E-state index contributed by atoms with van der Waals surface area (Å²) in [5, 5.41) is 16.1. The predicted molar refractivity (Wildman–Crippen MR) is 116 cm³/mol. The van der Waals surface area contributed by atoms with Crippen molar-refractivity contribution in [3.63, 3.8) is 0 Å². The minimum Gasteiger partial charge on any atom is -0.393 e. The number of aromatic nitrogens is 4. The monoisotopic (exact) mass is 444 g/mol.